The van der Waals surface area contributed by atoms with Crippen molar-refractivity contribution in [1.29, 1.82) is 5.26 Å². The standard InChI is InChI=1S/C14H14N2O2S/c1-3-19-14(17)16-11(9-15)5-4-10-8-12(18-2)6-7-13(10)16/h4-8,11H,3H2,1-2H3/t11-/m0/s1. The second-order valence-electron chi connectivity index (χ2n) is 3.93. The summed E-state index contributed by atoms with van der Waals surface area (Å²) in [6.07, 6.45) is 3.59. The number of carbonyl (C=O) groups excluding carboxylic acids is 1. The van der Waals surface area contributed by atoms with Gasteiger partial charge in [-0.05, 0) is 30.0 Å². The first-order chi connectivity index (χ1) is 9.21. The quantitative estimate of drug-likeness (QED) is 0.830. The number of thioether (sulfide) groups is 1. The van der Waals surface area contributed by atoms with Crippen LogP contribution in [0.25, 0.3) is 6.08 Å². The molecule has 1 atom stereocenters. The Labute approximate surface area is 116 Å². The SMILES string of the molecule is CCSC(=O)N1c2ccc(OC)cc2C=C[C@H]1C#N. The molecule has 1 aliphatic rings. The summed E-state index contributed by atoms with van der Waals surface area (Å²) in [4.78, 5) is 13.7. The molecule has 0 N–H and O–H groups in total. The van der Waals surface area contributed by atoms with Crippen molar-refractivity contribution in [3.63, 3.8) is 0 Å². The maximum Gasteiger partial charge on any atom is 0.287 e. The van der Waals surface area contributed by atoms with E-state index in [1.165, 1.54) is 16.7 Å². The number of fused-ring (bicyclic) bond motifs is 1. The number of nitriles is 1. The van der Waals surface area contributed by atoms with Crippen LogP contribution in [0.3, 0.4) is 0 Å². The molecule has 1 amide bonds. The van der Waals surface area contributed by atoms with Crippen molar-refractivity contribution >= 4 is 28.8 Å². The first-order valence-corrected chi connectivity index (χ1v) is 6.91. The van der Waals surface area contributed by atoms with Crippen LogP contribution in [-0.4, -0.2) is 24.1 Å². The highest BCUT2D eigenvalue weighted by Gasteiger charge is 2.28. The van der Waals surface area contributed by atoms with Gasteiger partial charge in [-0.2, -0.15) is 5.26 Å². The van der Waals surface area contributed by atoms with Crippen molar-refractivity contribution in [1.82, 2.24) is 0 Å². The van der Waals surface area contributed by atoms with E-state index in [2.05, 4.69) is 6.07 Å². The van der Waals surface area contributed by atoms with Gasteiger partial charge in [0.25, 0.3) is 5.24 Å². The van der Waals surface area contributed by atoms with E-state index >= 15 is 0 Å². The molecule has 1 aliphatic heterocycles. The van der Waals surface area contributed by atoms with E-state index in [-0.39, 0.29) is 5.24 Å². The number of nitrogens with zero attached hydrogens (tertiary/aromatic N) is 2. The third-order valence-corrected chi connectivity index (χ3v) is 3.56. The van der Waals surface area contributed by atoms with E-state index < -0.39 is 6.04 Å². The fraction of sp³-hybridized carbons (Fsp3) is 0.286. The van der Waals surface area contributed by atoms with Crippen molar-refractivity contribution < 1.29 is 9.53 Å². The van der Waals surface area contributed by atoms with Crippen LogP contribution >= 0.6 is 11.8 Å². The van der Waals surface area contributed by atoms with E-state index in [0.29, 0.717) is 5.75 Å². The molecule has 0 fully saturated rings. The highest BCUT2D eigenvalue weighted by Crippen LogP contribution is 2.33. The fourth-order valence-corrected chi connectivity index (χ4v) is 2.55. The van der Waals surface area contributed by atoms with E-state index in [4.69, 9.17) is 4.74 Å². The average Bonchev–Trinajstić information content (AvgIpc) is 2.45. The summed E-state index contributed by atoms with van der Waals surface area (Å²) in [6.45, 7) is 1.92. The summed E-state index contributed by atoms with van der Waals surface area (Å²) < 4.78 is 5.17. The summed E-state index contributed by atoms with van der Waals surface area (Å²) in [5.41, 5.74) is 1.64. The lowest BCUT2D eigenvalue weighted by atomic mass is 10.0. The van der Waals surface area contributed by atoms with Crippen LogP contribution in [0, 0.1) is 11.3 Å². The molecule has 98 valence electrons. The maximum absolute atomic E-state index is 12.2. The Morgan fingerprint density at radius 3 is 3.00 bits per heavy atom. The van der Waals surface area contributed by atoms with E-state index in [0.717, 1.165) is 17.0 Å². The first-order valence-electron chi connectivity index (χ1n) is 5.93. The zero-order valence-corrected chi connectivity index (χ0v) is 11.6. The number of anilines is 1. The van der Waals surface area contributed by atoms with Gasteiger partial charge in [0.15, 0.2) is 0 Å². The number of benzene rings is 1. The summed E-state index contributed by atoms with van der Waals surface area (Å²) >= 11 is 1.20. The number of amides is 1. The highest BCUT2D eigenvalue weighted by atomic mass is 32.2. The van der Waals surface area contributed by atoms with Crippen molar-refractivity contribution in [2.45, 2.75) is 13.0 Å². The minimum Gasteiger partial charge on any atom is -0.497 e. The van der Waals surface area contributed by atoms with Gasteiger partial charge in [-0.15, -0.1) is 0 Å². The summed E-state index contributed by atoms with van der Waals surface area (Å²) in [7, 11) is 1.60. The molecule has 0 unspecified atom stereocenters. The number of rotatable bonds is 2. The number of methoxy groups -OCH3 is 1. The van der Waals surface area contributed by atoms with Crippen LogP contribution in [0.2, 0.25) is 0 Å². The zero-order valence-electron chi connectivity index (χ0n) is 10.8. The molecule has 0 aromatic heterocycles. The third kappa shape index (κ3) is 2.59. The predicted octanol–water partition coefficient (Wildman–Crippen LogP) is 3.29. The van der Waals surface area contributed by atoms with E-state index in [1.54, 1.807) is 19.3 Å². The molecular weight excluding hydrogens is 260 g/mol. The molecular formula is C14H14N2O2S. The van der Waals surface area contributed by atoms with Crippen molar-refractivity contribution in [2.24, 2.45) is 0 Å². The Hall–Kier alpha value is -1.93. The molecule has 1 aromatic rings. The molecule has 0 saturated carbocycles. The molecule has 4 nitrogen and oxygen atoms in total. The minimum atomic E-state index is -0.549. The smallest absolute Gasteiger partial charge is 0.287 e. The zero-order chi connectivity index (χ0) is 13.8. The van der Waals surface area contributed by atoms with Crippen molar-refractivity contribution in [3.8, 4) is 11.8 Å². The molecule has 5 heteroatoms. The normalized spacial score (nSPS) is 16.7. The Bertz CT molecular complexity index is 563. The lowest BCUT2D eigenvalue weighted by Crippen LogP contribution is -2.38. The fourth-order valence-electron chi connectivity index (χ4n) is 1.95. The molecule has 1 aromatic carbocycles. The Balaban J connectivity index is 2.44. The van der Waals surface area contributed by atoms with Gasteiger partial charge in [0, 0.05) is 5.56 Å². The summed E-state index contributed by atoms with van der Waals surface area (Å²) in [6, 6.07) is 7.06. The van der Waals surface area contributed by atoms with Gasteiger partial charge in [-0.1, -0.05) is 24.8 Å². The number of hydrogen-bond acceptors (Lipinski definition) is 4. The van der Waals surface area contributed by atoms with Gasteiger partial charge in [-0.3, -0.25) is 9.69 Å². The monoisotopic (exact) mass is 274 g/mol. The van der Waals surface area contributed by atoms with Gasteiger partial charge in [0.1, 0.15) is 11.8 Å². The predicted molar refractivity (Wildman–Crippen MR) is 77.4 cm³/mol. The van der Waals surface area contributed by atoms with Gasteiger partial charge in [0.2, 0.25) is 0 Å². The highest BCUT2D eigenvalue weighted by molar-refractivity contribution is 8.13. The molecule has 0 bridgehead atoms. The van der Waals surface area contributed by atoms with Gasteiger partial charge in [-0.25, -0.2) is 0 Å². The van der Waals surface area contributed by atoms with Crippen LogP contribution in [0.4, 0.5) is 10.5 Å². The third-order valence-electron chi connectivity index (χ3n) is 2.83. The summed E-state index contributed by atoms with van der Waals surface area (Å²) in [5, 5.41) is 9.07. The second-order valence-corrected chi connectivity index (χ2v) is 5.14. The number of carbonyl (C=O) groups is 1. The minimum absolute atomic E-state index is 0.107. The van der Waals surface area contributed by atoms with E-state index in [1.807, 2.05) is 25.1 Å². The molecule has 2 rings (SSSR count). The molecule has 19 heavy (non-hydrogen) atoms. The van der Waals surface area contributed by atoms with Crippen molar-refractivity contribution in [2.75, 3.05) is 17.8 Å². The summed E-state index contributed by atoms with van der Waals surface area (Å²) in [5.74, 6) is 1.41. The average molecular weight is 274 g/mol. The van der Waals surface area contributed by atoms with Crippen LogP contribution in [0.15, 0.2) is 24.3 Å². The van der Waals surface area contributed by atoms with Crippen LogP contribution < -0.4 is 9.64 Å². The lowest BCUT2D eigenvalue weighted by Gasteiger charge is -2.29. The van der Waals surface area contributed by atoms with Crippen LogP contribution in [-0.2, 0) is 0 Å². The number of ether oxygens (including phenoxy) is 1. The molecule has 0 radical (unpaired) electrons. The topological polar surface area (TPSA) is 53.3 Å². The Kier molecular flexibility index (Phi) is 4.13. The first kappa shape index (κ1) is 13.5. The van der Waals surface area contributed by atoms with Gasteiger partial charge in [0.05, 0.1) is 18.9 Å². The Morgan fingerprint density at radius 1 is 1.58 bits per heavy atom. The Morgan fingerprint density at radius 2 is 2.37 bits per heavy atom. The van der Waals surface area contributed by atoms with Crippen LogP contribution in [0.1, 0.15) is 12.5 Å². The largest absolute Gasteiger partial charge is 0.497 e. The van der Waals surface area contributed by atoms with E-state index in [9.17, 15) is 10.1 Å². The molecule has 1 heterocycles. The number of hydrogen-bond donors (Lipinski definition) is 0. The van der Waals surface area contributed by atoms with Crippen LogP contribution in [0.5, 0.6) is 5.75 Å². The van der Waals surface area contributed by atoms with Crippen molar-refractivity contribution in [3.05, 3.63) is 29.8 Å². The lowest BCUT2D eigenvalue weighted by molar-refractivity contribution is 0.264. The van der Waals surface area contributed by atoms with Gasteiger partial charge >= 0.3 is 0 Å². The second kappa shape index (κ2) is 5.81. The molecule has 0 spiro atoms. The van der Waals surface area contributed by atoms with Gasteiger partial charge < -0.3 is 4.74 Å². The maximum atomic E-state index is 12.2. The molecule has 0 aliphatic carbocycles. The molecule has 0 saturated heterocycles.